The van der Waals surface area contributed by atoms with Gasteiger partial charge in [0.25, 0.3) is 0 Å². The summed E-state index contributed by atoms with van der Waals surface area (Å²) in [5.41, 5.74) is 0. The lowest BCUT2D eigenvalue weighted by Gasteiger charge is -2.38. The molecule has 1 aliphatic heterocycles. The number of rotatable bonds is 5. The minimum atomic E-state index is 0.776. The topological polar surface area (TPSA) is 15.3 Å². The first-order valence-corrected chi connectivity index (χ1v) is 9.74. The van der Waals surface area contributed by atoms with Crippen molar-refractivity contribution in [2.75, 3.05) is 26.2 Å². The van der Waals surface area contributed by atoms with Gasteiger partial charge in [0, 0.05) is 36.2 Å². The van der Waals surface area contributed by atoms with Crippen LogP contribution in [0.15, 0.2) is 0 Å². The molecule has 4 unspecified atom stereocenters. The molecule has 2 nitrogen and oxygen atoms in total. The predicted molar refractivity (Wildman–Crippen MR) is 91.6 cm³/mol. The van der Waals surface area contributed by atoms with Crippen LogP contribution in [0.1, 0.15) is 59.3 Å². The van der Waals surface area contributed by atoms with Gasteiger partial charge in [0.2, 0.25) is 0 Å². The Kier molecular flexibility index (Phi) is 7.20. The van der Waals surface area contributed by atoms with Crippen molar-refractivity contribution in [3.63, 3.8) is 0 Å². The third-order valence-corrected chi connectivity index (χ3v) is 6.03. The molecule has 1 saturated heterocycles. The van der Waals surface area contributed by atoms with Gasteiger partial charge in [0.15, 0.2) is 0 Å². The van der Waals surface area contributed by atoms with Gasteiger partial charge >= 0.3 is 0 Å². The highest BCUT2D eigenvalue weighted by Crippen LogP contribution is 2.29. The maximum absolute atomic E-state index is 3.84. The highest BCUT2D eigenvalue weighted by atomic mass is 32.2. The summed E-state index contributed by atoms with van der Waals surface area (Å²) in [6.07, 6.45) is 8.43. The summed E-state index contributed by atoms with van der Waals surface area (Å²) in [4.78, 5) is 2.75. The molecule has 1 N–H and O–H groups in total. The van der Waals surface area contributed by atoms with Crippen molar-refractivity contribution in [1.29, 1.82) is 0 Å². The van der Waals surface area contributed by atoms with Crippen LogP contribution >= 0.6 is 11.8 Å². The first-order valence-electron chi connectivity index (χ1n) is 8.80. The van der Waals surface area contributed by atoms with Gasteiger partial charge in [-0.1, -0.05) is 40.0 Å². The van der Waals surface area contributed by atoms with Gasteiger partial charge in [0.1, 0.15) is 0 Å². The van der Waals surface area contributed by atoms with Crippen LogP contribution in [-0.2, 0) is 0 Å². The van der Waals surface area contributed by atoms with Crippen molar-refractivity contribution in [3.05, 3.63) is 0 Å². The molecule has 118 valence electrons. The zero-order chi connectivity index (χ0) is 14.4. The summed E-state index contributed by atoms with van der Waals surface area (Å²) in [5.74, 6) is 0.881. The lowest BCUT2D eigenvalue weighted by Crippen LogP contribution is -2.47. The minimum absolute atomic E-state index is 0.776. The van der Waals surface area contributed by atoms with E-state index in [-0.39, 0.29) is 0 Å². The second kappa shape index (κ2) is 8.65. The highest BCUT2D eigenvalue weighted by molar-refractivity contribution is 8.00. The fraction of sp³-hybridized carbons (Fsp3) is 1.00. The van der Waals surface area contributed by atoms with E-state index < -0.39 is 0 Å². The smallest absolute Gasteiger partial charge is 0.0149 e. The van der Waals surface area contributed by atoms with Crippen LogP contribution in [0.2, 0.25) is 0 Å². The largest absolute Gasteiger partial charge is 0.314 e. The Hall–Kier alpha value is 0.270. The van der Waals surface area contributed by atoms with Gasteiger partial charge in [0.05, 0.1) is 0 Å². The maximum Gasteiger partial charge on any atom is 0.0149 e. The van der Waals surface area contributed by atoms with Crippen LogP contribution in [0.4, 0.5) is 0 Å². The van der Waals surface area contributed by atoms with E-state index in [1.807, 2.05) is 0 Å². The molecule has 1 saturated carbocycles. The van der Waals surface area contributed by atoms with Crippen molar-refractivity contribution in [2.24, 2.45) is 5.92 Å². The summed E-state index contributed by atoms with van der Waals surface area (Å²) in [5, 5.41) is 5.46. The Balaban J connectivity index is 1.89. The third-order valence-electron chi connectivity index (χ3n) is 4.80. The van der Waals surface area contributed by atoms with Gasteiger partial charge in [-0.05, 0) is 31.7 Å². The second-order valence-electron chi connectivity index (χ2n) is 6.93. The molecule has 0 aromatic rings. The van der Waals surface area contributed by atoms with Gasteiger partial charge in [-0.25, -0.2) is 0 Å². The molecule has 0 spiro atoms. The number of thioether (sulfide) groups is 1. The van der Waals surface area contributed by atoms with Crippen molar-refractivity contribution >= 4 is 11.8 Å². The van der Waals surface area contributed by atoms with Crippen LogP contribution in [-0.4, -0.2) is 47.6 Å². The first-order chi connectivity index (χ1) is 9.69. The number of nitrogens with zero attached hydrogens (tertiary/aromatic N) is 1. The molecule has 1 aliphatic carbocycles. The number of nitrogens with one attached hydrogen (secondary N) is 1. The molecular formula is C17H34N2S. The minimum Gasteiger partial charge on any atom is -0.314 e. The van der Waals surface area contributed by atoms with Crippen LogP contribution in [0.5, 0.6) is 0 Å². The van der Waals surface area contributed by atoms with Crippen LogP contribution in [0, 0.1) is 5.92 Å². The Morgan fingerprint density at radius 2 is 1.75 bits per heavy atom. The van der Waals surface area contributed by atoms with E-state index in [0.717, 1.165) is 22.5 Å². The Morgan fingerprint density at radius 1 is 1.05 bits per heavy atom. The molecule has 0 aromatic carbocycles. The SMILES string of the molecule is CCCNC1CCCCCC1CN1CC(C)SC(C)C1. The first kappa shape index (κ1) is 16.6. The third kappa shape index (κ3) is 5.23. The van der Waals surface area contributed by atoms with Crippen LogP contribution < -0.4 is 5.32 Å². The molecular weight excluding hydrogens is 264 g/mol. The van der Waals surface area contributed by atoms with E-state index in [1.165, 1.54) is 64.7 Å². The molecule has 3 heteroatoms. The number of hydrogen-bond acceptors (Lipinski definition) is 3. The van der Waals surface area contributed by atoms with Crippen LogP contribution in [0.3, 0.4) is 0 Å². The average molecular weight is 299 g/mol. The fourth-order valence-corrected chi connectivity index (χ4v) is 5.35. The van der Waals surface area contributed by atoms with E-state index in [4.69, 9.17) is 0 Å². The maximum atomic E-state index is 3.84. The highest BCUT2D eigenvalue weighted by Gasteiger charge is 2.28. The molecule has 1 heterocycles. The van der Waals surface area contributed by atoms with Crippen molar-refractivity contribution in [1.82, 2.24) is 10.2 Å². The Morgan fingerprint density at radius 3 is 2.45 bits per heavy atom. The normalized spacial score (nSPS) is 36.8. The lowest BCUT2D eigenvalue weighted by atomic mass is 9.93. The quantitative estimate of drug-likeness (QED) is 0.778. The molecule has 0 aromatic heterocycles. The fourth-order valence-electron chi connectivity index (χ4n) is 3.97. The summed E-state index contributed by atoms with van der Waals surface area (Å²) in [6, 6.07) is 0.776. The molecule has 2 rings (SSSR count). The van der Waals surface area contributed by atoms with Gasteiger partial charge in [-0.15, -0.1) is 0 Å². The molecule has 20 heavy (non-hydrogen) atoms. The summed E-state index contributed by atoms with van der Waals surface area (Å²) in [6.45, 7) is 12.2. The monoisotopic (exact) mass is 298 g/mol. The van der Waals surface area contributed by atoms with Crippen molar-refractivity contribution in [3.8, 4) is 0 Å². The lowest BCUT2D eigenvalue weighted by molar-refractivity contribution is 0.192. The summed E-state index contributed by atoms with van der Waals surface area (Å²) in [7, 11) is 0. The van der Waals surface area contributed by atoms with E-state index in [2.05, 4.69) is 42.7 Å². The van der Waals surface area contributed by atoms with Gasteiger partial charge in [-0.2, -0.15) is 11.8 Å². The molecule has 4 atom stereocenters. The van der Waals surface area contributed by atoms with Crippen LogP contribution in [0.25, 0.3) is 0 Å². The van der Waals surface area contributed by atoms with E-state index in [1.54, 1.807) is 0 Å². The van der Waals surface area contributed by atoms with E-state index in [9.17, 15) is 0 Å². The van der Waals surface area contributed by atoms with Crippen molar-refractivity contribution in [2.45, 2.75) is 75.8 Å². The van der Waals surface area contributed by atoms with Gasteiger partial charge < -0.3 is 10.2 Å². The summed E-state index contributed by atoms with van der Waals surface area (Å²) < 4.78 is 0. The van der Waals surface area contributed by atoms with E-state index in [0.29, 0.717) is 0 Å². The van der Waals surface area contributed by atoms with Crippen molar-refractivity contribution < 1.29 is 0 Å². The molecule has 0 radical (unpaired) electrons. The summed E-state index contributed by atoms with van der Waals surface area (Å²) >= 11 is 2.17. The Labute approximate surface area is 130 Å². The number of hydrogen-bond donors (Lipinski definition) is 1. The molecule has 2 fully saturated rings. The molecule has 2 aliphatic rings. The average Bonchev–Trinajstić information content (AvgIpc) is 2.60. The zero-order valence-electron chi connectivity index (χ0n) is 13.7. The van der Waals surface area contributed by atoms with E-state index >= 15 is 0 Å². The zero-order valence-corrected chi connectivity index (χ0v) is 14.6. The standard InChI is InChI=1S/C17H34N2S/c1-4-10-18-17-9-7-5-6-8-16(17)13-19-11-14(2)20-15(3)12-19/h14-18H,4-13H2,1-3H3. The Bertz CT molecular complexity index is 262. The molecule has 0 bridgehead atoms. The predicted octanol–water partition coefficient (Wildman–Crippen LogP) is 3.76. The van der Waals surface area contributed by atoms with Gasteiger partial charge in [-0.3, -0.25) is 0 Å². The molecule has 0 amide bonds. The second-order valence-corrected chi connectivity index (χ2v) is 8.82.